The number of aliphatic hydroxyl groups is 1. The summed E-state index contributed by atoms with van der Waals surface area (Å²) in [4.78, 5) is 55.3. The van der Waals surface area contributed by atoms with E-state index in [1.54, 1.807) is 0 Å². The first kappa shape index (κ1) is 31.7. The van der Waals surface area contributed by atoms with Crippen LogP contribution in [0, 0.1) is 35.4 Å². The fourth-order valence-corrected chi connectivity index (χ4v) is 4.84. The van der Waals surface area contributed by atoms with Gasteiger partial charge in [0.05, 0.1) is 23.6 Å². The summed E-state index contributed by atoms with van der Waals surface area (Å²) in [5.74, 6) is -14.5. The number of aromatic nitrogens is 1. The van der Waals surface area contributed by atoms with Gasteiger partial charge < -0.3 is 30.3 Å². The number of aliphatic hydroxyl groups excluding tert-OH is 1. The number of cyclic esters (lactones) is 2. The Morgan fingerprint density at radius 3 is 2.33 bits per heavy atom. The van der Waals surface area contributed by atoms with Crippen LogP contribution in [-0.2, 0) is 30.3 Å². The second kappa shape index (κ2) is 12.9. The maximum absolute atomic E-state index is 14.6. The molecular weight excluding hydrogens is 582 g/mol. The molecule has 2 fully saturated rings. The standard InChI is InChI=1S/C28H29F4N3O8/c1-11-21(37)16(10-15-18(29)19(30)24(32)35-23(15)31)33-26(39)20(34-25(38)14-8-3-4-9-17(14)36)12(2)42-28(41)22(43-27(11)40)13-6-5-7-13/h3-4,8-9,11-13,16,20-22,36-37H,5-7,10H2,1-2H3,(H,33,39)(H,34,38). The summed E-state index contributed by atoms with van der Waals surface area (Å²) >= 11 is 0. The summed E-state index contributed by atoms with van der Waals surface area (Å²) in [6.45, 7) is 2.41. The number of ether oxygens (including phenoxy) is 2. The number of amides is 2. The fraction of sp³-hybridized carbons (Fsp3) is 0.464. The highest BCUT2D eigenvalue weighted by molar-refractivity contribution is 6.00. The normalized spacial score (nSPS) is 27.1. The van der Waals surface area contributed by atoms with Crippen LogP contribution in [0.1, 0.15) is 49.0 Å². The highest BCUT2D eigenvalue weighted by Gasteiger charge is 2.44. The number of para-hydroxylation sites is 1. The van der Waals surface area contributed by atoms with E-state index in [9.17, 15) is 47.0 Å². The third-order valence-electron chi connectivity index (χ3n) is 7.67. The van der Waals surface area contributed by atoms with Gasteiger partial charge in [-0.25, -0.2) is 9.18 Å². The van der Waals surface area contributed by atoms with Gasteiger partial charge >= 0.3 is 11.9 Å². The summed E-state index contributed by atoms with van der Waals surface area (Å²) in [6, 6.07) is 1.85. The van der Waals surface area contributed by atoms with Crippen LogP contribution in [0.2, 0.25) is 0 Å². The molecule has 232 valence electrons. The molecule has 0 radical (unpaired) electrons. The first-order valence-electron chi connectivity index (χ1n) is 13.5. The van der Waals surface area contributed by atoms with Gasteiger partial charge in [0, 0.05) is 17.9 Å². The van der Waals surface area contributed by atoms with Crippen LogP contribution in [0.3, 0.4) is 0 Å². The Labute approximate surface area is 242 Å². The molecule has 43 heavy (non-hydrogen) atoms. The van der Waals surface area contributed by atoms with Crippen LogP contribution in [0.4, 0.5) is 17.6 Å². The van der Waals surface area contributed by atoms with Gasteiger partial charge in [-0.15, -0.1) is 0 Å². The van der Waals surface area contributed by atoms with E-state index in [1.165, 1.54) is 31.2 Å². The van der Waals surface area contributed by atoms with Gasteiger partial charge in [-0.2, -0.15) is 18.2 Å². The minimum absolute atomic E-state index is 0.247. The molecule has 1 saturated carbocycles. The first-order valence-corrected chi connectivity index (χ1v) is 13.5. The first-order chi connectivity index (χ1) is 20.3. The van der Waals surface area contributed by atoms with Crippen LogP contribution < -0.4 is 10.6 Å². The zero-order valence-electron chi connectivity index (χ0n) is 23.0. The van der Waals surface area contributed by atoms with E-state index in [0.717, 1.165) is 13.3 Å². The highest BCUT2D eigenvalue weighted by atomic mass is 19.2. The van der Waals surface area contributed by atoms with Gasteiger partial charge in [0.15, 0.2) is 5.82 Å². The summed E-state index contributed by atoms with van der Waals surface area (Å²) in [7, 11) is 0. The number of hydrogen-bond donors (Lipinski definition) is 4. The Hall–Kier alpha value is -4.27. The molecule has 1 aliphatic carbocycles. The van der Waals surface area contributed by atoms with Crippen molar-refractivity contribution in [3.63, 3.8) is 0 Å². The van der Waals surface area contributed by atoms with Gasteiger partial charge in [0.1, 0.15) is 17.9 Å². The number of halogens is 4. The molecule has 6 atom stereocenters. The number of hydrogen-bond acceptors (Lipinski definition) is 9. The lowest BCUT2D eigenvalue weighted by Crippen LogP contribution is -2.59. The van der Waals surface area contributed by atoms with Gasteiger partial charge in [0.2, 0.25) is 23.8 Å². The van der Waals surface area contributed by atoms with Gasteiger partial charge in [-0.1, -0.05) is 18.6 Å². The van der Waals surface area contributed by atoms with Crippen LogP contribution in [0.25, 0.3) is 0 Å². The maximum Gasteiger partial charge on any atom is 0.348 e. The molecule has 4 N–H and O–H groups in total. The topological polar surface area (TPSA) is 164 Å². The quantitative estimate of drug-likeness (QED) is 0.224. The van der Waals surface area contributed by atoms with Gasteiger partial charge in [-0.3, -0.25) is 14.4 Å². The van der Waals surface area contributed by atoms with E-state index < -0.39 is 107 Å². The van der Waals surface area contributed by atoms with E-state index in [0.29, 0.717) is 12.8 Å². The van der Waals surface area contributed by atoms with Crippen molar-refractivity contribution in [2.24, 2.45) is 11.8 Å². The molecule has 1 aromatic carbocycles. The SMILES string of the molecule is CC1OC(=O)C(C2CCC2)OC(=O)C(C)C(O)C(Cc2c(F)nc(F)c(F)c2F)NC(=O)C1NC(=O)c1ccccc1O. The number of phenols is 1. The lowest BCUT2D eigenvalue weighted by Gasteiger charge is -2.36. The van der Waals surface area contributed by atoms with Crippen LogP contribution in [-0.4, -0.2) is 69.3 Å². The number of phenolic OH excluding ortho intramolecular Hbond substituents is 1. The van der Waals surface area contributed by atoms with E-state index in [-0.39, 0.29) is 5.56 Å². The molecule has 2 amide bonds. The van der Waals surface area contributed by atoms with Crippen LogP contribution in [0.15, 0.2) is 24.3 Å². The van der Waals surface area contributed by atoms with Crippen molar-refractivity contribution in [2.45, 2.75) is 69.9 Å². The second-order valence-corrected chi connectivity index (χ2v) is 10.6. The predicted octanol–water partition coefficient (Wildman–Crippen LogP) is 1.82. The number of carbonyl (C=O) groups excluding carboxylic acids is 4. The minimum Gasteiger partial charge on any atom is -0.507 e. The molecule has 11 nitrogen and oxygen atoms in total. The Kier molecular flexibility index (Phi) is 9.52. The second-order valence-electron chi connectivity index (χ2n) is 10.6. The molecule has 2 heterocycles. The van der Waals surface area contributed by atoms with Crippen molar-refractivity contribution in [1.82, 2.24) is 15.6 Å². The molecule has 0 bridgehead atoms. The lowest BCUT2D eigenvalue weighted by molar-refractivity contribution is -0.183. The fourth-order valence-electron chi connectivity index (χ4n) is 4.84. The van der Waals surface area contributed by atoms with Gasteiger partial charge in [-0.05, 0) is 38.8 Å². The Balaban J connectivity index is 1.73. The molecular formula is C28H29F4N3O8. The smallest absolute Gasteiger partial charge is 0.348 e. The Bertz CT molecular complexity index is 1420. The van der Waals surface area contributed by atoms with Crippen molar-refractivity contribution in [3.05, 3.63) is 58.9 Å². The average molecular weight is 612 g/mol. The van der Waals surface area contributed by atoms with E-state index in [1.807, 2.05) is 0 Å². The third-order valence-corrected chi connectivity index (χ3v) is 7.67. The van der Waals surface area contributed by atoms with Crippen molar-refractivity contribution >= 4 is 23.8 Å². The molecule has 6 unspecified atom stereocenters. The van der Waals surface area contributed by atoms with E-state index in [4.69, 9.17) is 9.47 Å². The summed E-state index contributed by atoms with van der Waals surface area (Å²) in [5, 5.41) is 25.8. The van der Waals surface area contributed by atoms with Crippen LogP contribution >= 0.6 is 0 Å². The number of pyridine rings is 1. The Morgan fingerprint density at radius 1 is 1.02 bits per heavy atom. The minimum atomic E-state index is -2.10. The summed E-state index contributed by atoms with van der Waals surface area (Å²) < 4.78 is 67.3. The van der Waals surface area contributed by atoms with Gasteiger partial charge in [0.25, 0.3) is 11.9 Å². The monoisotopic (exact) mass is 611 g/mol. The summed E-state index contributed by atoms with van der Waals surface area (Å²) in [6.07, 6.45) is -4.08. The number of rotatable bonds is 5. The molecule has 2 aliphatic rings. The zero-order valence-corrected chi connectivity index (χ0v) is 23.0. The zero-order chi connectivity index (χ0) is 31.6. The number of benzene rings is 1. The molecule has 4 rings (SSSR count). The summed E-state index contributed by atoms with van der Waals surface area (Å²) in [5.41, 5.74) is -1.39. The van der Waals surface area contributed by atoms with Crippen molar-refractivity contribution in [3.8, 4) is 5.75 Å². The Morgan fingerprint density at radius 2 is 1.70 bits per heavy atom. The molecule has 15 heteroatoms. The van der Waals surface area contributed by atoms with E-state index >= 15 is 0 Å². The highest BCUT2D eigenvalue weighted by Crippen LogP contribution is 2.33. The van der Waals surface area contributed by atoms with Crippen molar-refractivity contribution < 1.29 is 56.4 Å². The largest absolute Gasteiger partial charge is 0.507 e. The molecule has 1 aromatic heterocycles. The van der Waals surface area contributed by atoms with Crippen molar-refractivity contribution in [2.75, 3.05) is 0 Å². The molecule has 1 saturated heterocycles. The number of aromatic hydroxyl groups is 1. The average Bonchev–Trinajstić information content (AvgIpc) is 2.93. The number of nitrogens with zero attached hydrogens (tertiary/aromatic N) is 1. The number of esters is 2. The van der Waals surface area contributed by atoms with Crippen molar-refractivity contribution in [1.29, 1.82) is 0 Å². The molecule has 1 aliphatic heterocycles. The van der Waals surface area contributed by atoms with Crippen LogP contribution in [0.5, 0.6) is 5.75 Å². The lowest BCUT2D eigenvalue weighted by atomic mass is 9.81. The molecule has 2 aromatic rings. The third kappa shape index (κ3) is 6.71. The number of nitrogens with one attached hydrogen (secondary N) is 2. The van der Waals surface area contributed by atoms with E-state index in [2.05, 4.69) is 15.6 Å². The maximum atomic E-state index is 14.6. The number of carbonyl (C=O) groups is 4. The predicted molar refractivity (Wildman–Crippen MR) is 137 cm³/mol. The molecule has 0 spiro atoms.